The van der Waals surface area contributed by atoms with Crippen molar-refractivity contribution in [2.24, 2.45) is 0 Å². The Balaban J connectivity index is 1.70. The fourth-order valence-electron chi connectivity index (χ4n) is 2.30. The number of carbonyl (C=O) groups is 2. The summed E-state index contributed by atoms with van der Waals surface area (Å²) in [5, 5.41) is 3.57. The molecule has 8 heteroatoms. The van der Waals surface area contributed by atoms with Gasteiger partial charge in [0.05, 0.1) is 5.75 Å². The van der Waals surface area contributed by atoms with Gasteiger partial charge in [-0.3, -0.25) is 9.59 Å². The Morgan fingerprint density at radius 2 is 1.96 bits per heavy atom. The molecule has 0 unspecified atom stereocenters. The molecule has 0 aliphatic rings. The van der Waals surface area contributed by atoms with Crippen molar-refractivity contribution in [1.82, 2.24) is 14.9 Å². The molecule has 2 heterocycles. The number of ether oxygens (including phenoxy) is 1. The van der Waals surface area contributed by atoms with E-state index in [1.54, 1.807) is 26.2 Å². The van der Waals surface area contributed by atoms with Gasteiger partial charge in [-0.05, 0) is 11.4 Å². The van der Waals surface area contributed by atoms with E-state index in [4.69, 9.17) is 4.74 Å². The van der Waals surface area contributed by atoms with Gasteiger partial charge in [-0.15, -0.1) is 11.3 Å². The van der Waals surface area contributed by atoms with Crippen LogP contribution in [0.1, 0.15) is 11.7 Å². The van der Waals surface area contributed by atoms with E-state index in [9.17, 15) is 9.59 Å². The number of rotatable bonds is 6. The van der Waals surface area contributed by atoms with E-state index in [1.807, 2.05) is 29.6 Å². The molecule has 6 nitrogen and oxygen atoms in total. The summed E-state index contributed by atoms with van der Waals surface area (Å²) in [6, 6.07) is 10.9. The topological polar surface area (TPSA) is 72.4 Å². The zero-order valence-electron chi connectivity index (χ0n) is 14.3. The van der Waals surface area contributed by atoms with E-state index in [0.29, 0.717) is 5.56 Å². The number of hydrogen-bond acceptors (Lipinski definition) is 7. The molecule has 26 heavy (non-hydrogen) atoms. The first-order valence-corrected chi connectivity index (χ1v) is 9.69. The molecule has 1 atom stereocenters. The van der Waals surface area contributed by atoms with Gasteiger partial charge in [0.1, 0.15) is 16.2 Å². The van der Waals surface area contributed by atoms with Gasteiger partial charge in [-0.25, -0.2) is 9.97 Å². The second kappa shape index (κ2) is 8.29. The smallest absolute Gasteiger partial charge is 0.317 e. The number of fused-ring (bicyclic) bond motifs is 1. The number of hydrogen-bond donors (Lipinski definition) is 0. The van der Waals surface area contributed by atoms with E-state index in [0.717, 1.165) is 15.2 Å². The van der Waals surface area contributed by atoms with E-state index in [-0.39, 0.29) is 11.7 Å². The second-order valence-electron chi connectivity index (χ2n) is 5.62. The Hall–Kier alpha value is -2.45. The molecule has 0 aliphatic carbocycles. The highest BCUT2D eigenvalue weighted by Crippen LogP contribution is 2.28. The first-order chi connectivity index (χ1) is 12.6. The van der Waals surface area contributed by atoms with Crippen molar-refractivity contribution in [2.75, 3.05) is 19.8 Å². The number of aromatic nitrogens is 2. The number of thiophene rings is 1. The van der Waals surface area contributed by atoms with Crippen molar-refractivity contribution in [3.8, 4) is 0 Å². The molecule has 1 amide bonds. The summed E-state index contributed by atoms with van der Waals surface area (Å²) >= 11 is 2.80. The molecule has 0 aliphatic heterocycles. The standard InChI is InChI=1S/C18H17N3O3S2/c1-21(2)18(23)15(12-6-4-3-5-7-12)24-14(22)10-26-17-13-8-9-25-16(13)19-11-20-17/h3-9,11,15H,10H2,1-2H3/t15-/m0/s1. The Morgan fingerprint density at radius 1 is 1.19 bits per heavy atom. The van der Waals surface area contributed by atoms with Crippen LogP contribution in [0.5, 0.6) is 0 Å². The normalized spacial score (nSPS) is 11.9. The zero-order chi connectivity index (χ0) is 18.5. The van der Waals surface area contributed by atoms with Gasteiger partial charge in [0.15, 0.2) is 0 Å². The van der Waals surface area contributed by atoms with Crippen LogP contribution in [0.2, 0.25) is 0 Å². The first kappa shape index (κ1) is 18.3. The van der Waals surface area contributed by atoms with Gasteiger partial charge in [0, 0.05) is 25.0 Å². The lowest BCUT2D eigenvalue weighted by atomic mass is 10.1. The van der Waals surface area contributed by atoms with Crippen molar-refractivity contribution >= 4 is 45.2 Å². The second-order valence-corrected chi connectivity index (χ2v) is 7.48. The van der Waals surface area contributed by atoms with Crippen LogP contribution >= 0.6 is 23.1 Å². The molecule has 0 fully saturated rings. The molecule has 0 spiro atoms. The van der Waals surface area contributed by atoms with Crippen LogP contribution in [0.4, 0.5) is 0 Å². The van der Waals surface area contributed by atoms with Crippen LogP contribution in [0.25, 0.3) is 10.2 Å². The van der Waals surface area contributed by atoms with Crippen LogP contribution in [0.15, 0.2) is 53.1 Å². The predicted octanol–water partition coefficient (Wildman–Crippen LogP) is 3.16. The molecule has 1 aromatic carbocycles. The summed E-state index contributed by atoms with van der Waals surface area (Å²) in [6.07, 6.45) is 0.528. The highest BCUT2D eigenvalue weighted by atomic mass is 32.2. The summed E-state index contributed by atoms with van der Waals surface area (Å²) in [4.78, 5) is 35.5. The van der Waals surface area contributed by atoms with Crippen molar-refractivity contribution < 1.29 is 14.3 Å². The van der Waals surface area contributed by atoms with Crippen LogP contribution in [0, 0.1) is 0 Å². The molecule has 0 saturated carbocycles. The Bertz CT molecular complexity index is 912. The van der Waals surface area contributed by atoms with Crippen molar-refractivity contribution in [1.29, 1.82) is 0 Å². The minimum Gasteiger partial charge on any atom is -0.447 e. The van der Waals surface area contributed by atoms with Crippen LogP contribution in [-0.4, -0.2) is 46.6 Å². The summed E-state index contributed by atoms with van der Waals surface area (Å²) in [7, 11) is 3.27. The number of likely N-dealkylation sites (N-methyl/N-ethyl adjacent to an activating group) is 1. The van der Waals surface area contributed by atoms with Gasteiger partial charge < -0.3 is 9.64 Å². The lowest BCUT2D eigenvalue weighted by Crippen LogP contribution is -2.31. The molecular weight excluding hydrogens is 370 g/mol. The third kappa shape index (κ3) is 4.20. The molecule has 0 N–H and O–H groups in total. The maximum Gasteiger partial charge on any atom is 0.317 e. The van der Waals surface area contributed by atoms with E-state index >= 15 is 0 Å². The maximum absolute atomic E-state index is 12.4. The van der Waals surface area contributed by atoms with Gasteiger partial charge in [-0.2, -0.15) is 0 Å². The summed E-state index contributed by atoms with van der Waals surface area (Å²) in [6.45, 7) is 0. The molecule has 3 aromatic rings. The SMILES string of the molecule is CN(C)C(=O)[C@@H](OC(=O)CSc1ncnc2sccc12)c1ccccc1. The third-order valence-corrected chi connectivity index (χ3v) is 5.37. The molecular formula is C18H17N3O3S2. The molecule has 0 bridgehead atoms. The van der Waals surface area contributed by atoms with Crippen LogP contribution < -0.4 is 0 Å². The van der Waals surface area contributed by atoms with Gasteiger partial charge in [0.25, 0.3) is 5.91 Å². The van der Waals surface area contributed by atoms with Gasteiger partial charge in [0.2, 0.25) is 6.10 Å². The minimum atomic E-state index is -0.953. The van der Waals surface area contributed by atoms with Crippen molar-refractivity contribution in [2.45, 2.75) is 11.1 Å². The largest absolute Gasteiger partial charge is 0.447 e. The number of amides is 1. The van der Waals surface area contributed by atoms with Crippen LogP contribution in [0.3, 0.4) is 0 Å². The third-order valence-electron chi connectivity index (χ3n) is 3.57. The van der Waals surface area contributed by atoms with E-state index < -0.39 is 12.1 Å². The number of esters is 1. The van der Waals surface area contributed by atoms with E-state index in [1.165, 1.54) is 34.3 Å². The van der Waals surface area contributed by atoms with E-state index in [2.05, 4.69) is 9.97 Å². The van der Waals surface area contributed by atoms with Gasteiger partial charge in [-0.1, -0.05) is 42.1 Å². The quantitative estimate of drug-likeness (QED) is 0.368. The minimum absolute atomic E-state index is 0.0615. The number of thioether (sulfide) groups is 1. The average Bonchev–Trinajstić information content (AvgIpc) is 3.14. The number of benzene rings is 1. The zero-order valence-corrected chi connectivity index (χ0v) is 15.9. The van der Waals surface area contributed by atoms with Crippen molar-refractivity contribution in [3.63, 3.8) is 0 Å². The molecule has 3 rings (SSSR count). The van der Waals surface area contributed by atoms with Crippen LogP contribution in [-0.2, 0) is 14.3 Å². The Morgan fingerprint density at radius 3 is 2.69 bits per heavy atom. The number of nitrogens with zero attached hydrogens (tertiary/aromatic N) is 3. The summed E-state index contributed by atoms with van der Waals surface area (Å²) in [5.41, 5.74) is 0.645. The summed E-state index contributed by atoms with van der Waals surface area (Å²) in [5.74, 6) is -0.690. The molecule has 2 aromatic heterocycles. The lowest BCUT2D eigenvalue weighted by molar-refractivity contribution is -0.157. The molecule has 0 saturated heterocycles. The molecule has 0 radical (unpaired) electrons. The first-order valence-electron chi connectivity index (χ1n) is 7.83. The Labute approximate surface area is 159 Å². The predicted molar refractivity (Wildman–Crippen MR) is 102 cm³/mol. The fourth-order valence-corrected chi connectivity index (χ4v) is 3.86. The van der Waals surface area contributed by atoms with Crippen molar-refractivity contribution in [3.05, 3.63) is 53.7 Å². The van der Waals surface area contributed by atoms with Gasteiger partial charge >= 0.3 is 5.97 Å². The maximum atomic E-state index is 12.4. The number of carbonyl (C=O) groups excluding carboxylic acids is 2. The highest BCUT2D eigenvalue weighted by molar-refractivity contribution is 8.00. The molecule has 134 valence electrons. The summed E-state index contributed by atoms with van der Waals surface area (Å²) < 4.78 is 5.48. The monoisotopic (exact) mass is 387 g/mol. The Kier molecular flexibility index (Phi) is 5.85. The lowest BCUT2D eigenvalue weighted by Gasteiger charge is -2.21. The fraction of sp³-hybridized carbons (Fsp3) is 0.222. The average molecular weight is 387 g/mol. The highest BCUT2D eigenvalue weighted by Gasteiger charge is 2.26.